The van der Waals surface area contributed by atoms with Crippen LogP contribution in [0, 0.1) is 21.8 Å². The van der Waals surface area contributed by atoms with Gasteiger partial charge in [0.1, 0.15) is 0 Å². The molecule has 1 amide bonds. The molecule has 0 radical (unpaired) electrons. The third-order valence-corrected chi connectivity index (χ3v) is 1.99. The molecule has 1 aromatic rings. The van der Waals surface area contributed by atoms with Crippen LogP contribution in [0.4, 0.5) is 10.1 Å². The van der Waals surface area contributed by atoms with E-state index in [1.165, 1.54) is 0 Å². The number of hydroxylamine groups is 1. The van der Waals surface area contributed by atoms with Gasteiger partial charge in [-0.3, -0.25) is 19.7 Å². The summed E-state index contributed by atoms with van der Waals surface area (Å²) in [5.41, 5.74) is 1.35. The molecule has 7 heteroatoms. The van der Waals surface area contributed by atoms with Crippen molar-refractivity contribution in [2.45, 2.75) is 13.8 Å². The molecule has 0 atom stereocenters. The summed E-state index contributed by atoms with van der Waals surface area (Å²) in [4.78, 5) is 26.0. The SMILES string of the molecule is CC(C)CONC(=O)c1ccc(F)c([N+](=O)[O-])c1. The van der Waals surface area contributed by atoms with Crippen LogP contribution in [-0.2, 0) is 4.84 Å². The third-order valence-electron chi connectivity index (χ3n) is 1.99. The van der Waals surface area contributed by atoms with E-state index in [1.54, 1.807) is 0 Å². The van der Waals surface area contributed by atoms with Gasteiger partial charge < -0.3 is 0 Å². The van der Waals surface area contributed by atoms with Gasteiger partial charge in [0.25, 0.3) is 5.91 Å². The number of rotatable bonds is 5. The summed E-state index contributed by atoms with van der Waals surface area (Å²) in [7, 11) is 0. The number of hydrogen-bond acceptors (Lipinski definition) is 4. The summed E-state index contributed by atoms with van der Waals surface area (Å²) in [6.45, 7) is 4.11. The molecule has 0 aliphatic heterocycles. The van der Waals surface area contributed by atoms with Gasteiger partial charge in [-0.2, -0.15) is 4.39 Å². The van der Waals surface area contributed by atoms with Gasteiger partial charge in [-0.1, -0.05) is 13.8 Å². The highest BCUT2D eigenvalue weighted by molar-refractivity contribution is 5.94. The molecule has 1 rings (SSSR count). The number of halogens is 1. The number of nitro benzene ring substituents is 1. The minimum Gasteiger partial charge on any atom is -0.273 e. The summed E-state index contributed by atoms with van der Waals surface area (Å²) in [6.07, 6.45) is 0. The molecule has 0 unspecified atom stereocenters. The van der Waals surface area contributed by atoms with Crippen LogP contribution in [0.1, 0.15) is 24.2 Å². The fourth-order valence-corrected chi connectivity index (χ4v) is 1.13. The van der Waals surface area contributed by atoms with E-state index in [4.69, 9.17) is 4.84 Å². The average Bonchev–Trinajstić information content (AvgIpc) is 2.28. The van der Waals surface area contributed by atoms with Crippen LogP contribution >= 0.6 is 0 Å². The largest absolute Gasteiger partial charge is 0.305 e. The topological polar surface area (TPSA) is 81.5 Å². The lowest BCUT2D eigenvalue weighted by Gasteiger charge is -2.07. The van der Waals surface area contributed by atoms with Crippen LogP contribution in [0.2, 0.25) is 0 Å². The van der Waals surface area contributed by atoms with E-state index in [2.05, 4.69) is 5.48 Å². The highest BCUT2D eigenvalue weighted by atomic mass is 19.1. The Bertz CT molecular complexity index is 462. The molecule has 98 valence electrons. The van der Waals surface area contributed by atoms with E-state index in [0.717, 1.165) is 18.2 Å². The van der Waals surface area contributed by atoms with E-state index in [1.807, 2.05) is 13.8 Å². The number of carbonyl (C=O) groups excluding carboxylic acids is 1. The number of nitrogens with one attached hydrogen (secondary N) is 1. The Balaban J connectivity index is 2.74. The molecular formula is C11H13FN2O4. The molecule has 0 heterocycles. The van der Waals surface area contributed by atoms with Crippen molar-refractivity contribution >= 4 is 11.6 Å². The van der Waals surface area contributed by atoms with Crippen LogP contribution in [0.5, 0.6) is 0 Å². The minimum absolute atomic E-state index is 0.0353. The van der Waals surface area contributed by atoms with Crippen molar-refractivity contribution in [3.05, 3.63) is 39.7 Å². The first-order chi connectivity index (χ1) is 8.41. The first-order valence-corrected chi connectivity index (χ1v) is 5.28. The van der Waals surface area contributed by atoms with Crippen molar-refractivity contribution in [1.82, 2.24) is 5.48 Å². The van der Waals surface area contributed by atoms with Crippen LogP contribution in [0.25, 0.3) is 0 Å². The number of carbonyl (C=O) groups is 1. The highest BCUT2D eigenvalue weighted by Gasteiger charge is 2.17. The summed E-state index contributed by atoms with van der Waals surface area (Å²) in [5, 5.41) is 10.5. The molecule has 0 aromatic heterocycles. The van der Waals surface area contributed by atoms with Crippen LogP contribution in [0.15, 0.2) is 18.2 Å². The standard InChI is InChI=1S/C11H13FN2O4/c1-7(2)6-18-13-11(15)8-3-4-9(12)10(5-8)14(16)17/h3-5,7H,6H2,1-2H3,(H,13,15). The lowest BCUT2D eigenvalue weighted by molar-refractivity contribution is -0.387. The van der Waals surface area contributed by atoms with Gasteiger partial charge in [-0.05, 0) is 18.1 Å². The van der Waals surface area contributed by atoms with Crippen LogP contribution in [-0.4, -0.2) is 17.4 Å². The predicted octanol–water partition coefficient (Wildman–Crippen LogP) is 2.05. The summed E-state index contributed by atoms with van der Waals surface area (Å²) < 4.78 is 13.0. The van der Waals surface area contributed by atoms with Crippen molar-refractivity contribution in [2.24, 2.45) is 5.92 Å². The smallest absolute Gasteiger partial charge is 0.273 e. The number of amides is 1. The quantitative estimate of drug-likeness (QED) is 0.645. The third kappa shape index (κ3) is 3.77. The van der Waals surface area contributed by atoms with Crippen LogP contribution in [0.3, 0.4) is 0 Å². The fourth-order valence-electron chi connectivity index (χ4n) is 1.13. The maximum Gasteiger partial charge on any atom is 0.305 e. The molecule has 18 heavy (non-hydrogen) atoms. The monoisotopic (exact) mass is 256 g/mol. The Morgan fingerprint density at radius 1 is 1.56 bits per heavy atom. The molecule has 1 aromatic carbocycles. The van der Waals surface area contributed by atoms with E-state index < -0.39 is 22.3 Å². The van der Waals surface area contributed by atoms with Gasteiger partial charge in [0.05, 0.1) is 11.5 Å². The second-order valence-electron chi connectivity index (χ2n) is 4.06. The zero-order valence-electron chi connectivity index (χ0n) is 9.97. The zero-order chi connectivity index (χ0) is 13.7. The molecule has 0 saturated heterocycles. The van der Waals surface area contributed by atoms with E-state index in [-0.39, 0.29) is 11.5 Å². The number of hydrogen-bond donors (Lipinski definition) is 1. The van der Waals surface area contributed by atoms with Crippen molar-refractivity contribution in [2.75, 3.05) is 6.61 Å². The highest BCUT2D eigenvalue weighted by Crippen LogP contribution is 2.18. The normalized spacial score (nSPS) is 10.4. The van der Waals surface area contributed by atoms with Gasteiger partial charge in [0, 0.05) is 11.6 Å². The molecule has 0 bridgehead atoms. The molecule has 0 spiro atoms. The Kier molecular flexibility index (Phi) is 4.73. The molecule has 0 aliphatic carbocycles. The van der Waals surface area contributed by atoms with Gasteiger partial charge >= 0.3 is 5.69 Å². The first-order valence-electron chi connectivity index (χ1n) is 5.28. The Morgan fingerprint density at radius 2 is 2.22 bits per heavy atom. The zero-order valence-corrected chi connectivity index (χ0v) is 9.97. The second kappa shape index (κ2) is 6.06. The second-order valence-corrected chi connectivity index (χ2v) is 4.06. The van der Waals surface area contributed by atoms with E-state index in [0.29, 0.717) is 6.61 Å². The fraction of sp³-hybridized carbons (Fsp3) is 0.364. The summed E-state index contributed by atoms with van der Waals surface area (Å²) in [5.74, 6) is -1.41. The van der Waals surface area contributed by atoms with Crippen molar-refractivity contribution in [1.29, 1.82) is 0 Å². The summed E-state index contributed by atoms with van der Waals surface area (Å²) in [6, 6.07) is 2.88. The molecule has 6 nitrogen and oxygen atoms in total. The van der Waals surface area contributed by atoms with Gasteiger partial charge in [0.2, 0.25) is 5.82 Å². The van der Waals surface area contributed by atoms with E-state index in [9.17, 15) is 19.3 Å². The Labute approximate surface area is 103 Å². The lowest BCUT2D eigenvalue weighted by atomic mass is 10.2. The first kappa shape index (κ1) is 14.0. The van der Waals surface area contributed by atoms with Gasteiger partial charge in [-0.15, -0.1) is 0 Å². The Hall–Kier alpha value is -2.02. The lowest BCUT2D eigenvalue weighted by Crippen LogP contribution is -2.25. The van der Waals surface area contributed by atoms with Crippen molar-refractivity contribution in [3.8, 4) is 0 Å². The molecule has 0 fully saturated rings. The Morgan fingerprint density at radius 3 is 2.78 bits per heavy atom. The van der Waals surface area contributed by atoms with Gasteiger partial charge in [0.15, 0.2) is 0 Å². The molecular weight excluding hydrogens is 243 g/mol. The molecule has 1 N–H and O–H groups in total. The predicted molar refractivity (Wildman–Crippen MR) is 61.3 cm³/mol. The van der Waals surface area contributed by atoms with E-state index >= 15 is 0 Å². The maximum absolute atomic E-state index is 13.0. The van der Waals surface area contributed by atoms with Crippen LogP contribution < -0.4 is 5.48 Å². The maximum atomic E-state index is 13.0. The summed E-state index contributed by atoms with van der Waals surface area (Å²) >= 11 is 0. The number of benzene rings is 1. The number of nitrogens with zero attached hydrogens (tertiary/aromatic N) is 1. The van der Waals surface area contributed by atoms with Crippen molar-refractivity contribution < 1.29 is 18.9 Å². The number of nitro groups is 1. The molecule has 0 aliphatic rings. The average molecular weight is 256 g/mol. The minimum atomic E-state index is -0.986. The van der Waals surface area contributed by atoms with Gasteiger partial charge in [-0.25, -0.2) is 5.48 Å². The molecule has 0 saturated carbocycles. The van der Waals surface area contributed by atoms with Crippen molar-refractivity contribution in [3.63, 3.8) is 0 Å².